The Kier molecular flexibility index (Phi) is 3.37. The smallest absolute Gasteiger partial charge is 0.125 e. The van der Waals surface area contributed by atoms with Gasteiger partial charge < -0.3 is 20.1 Å². The maximum atomic E-state index is 6.14. The highest BCUT2D eigenvalue weighted by molar-refractivity contribution is 5.61. The van der Waals surface area contributed by atoms with Gasteiger partial charge in [0.1, 0.15) is 5.75 Å². The largest absolute Gasteiger partial charge is 0.496 e. The molecule has 104 valence electrons. The van der Waals surface area contributed by atoms with Gasteiger partial charge in [-0.25, -0.2) is 0 Å². The van der Waals surface area contributed by atoms with E-state index in [1.165, 1.54) is 18.5 Å². The Morgan fingerprint density at radius 2 is 2.00 bits per heavy atom. The van der Waals surface area contributed by atoms with Gasteiger partial charge in [-0.2, -0.15) is 0 Å². The van der Waals surface area contributed by atoms with Crippen molar-refractivity contribution in [3.8, 4) is 5.75 Å². The highest BCUT2D eigenvalue weighted by Gasteiger charge is 2.34. The van der Waals surface area contributed by atoms with E-state index in [1.54, 1.807) is 7.11 Å². The van der Waals surface area contributed by atoms with Gasteiger partial charge in [0.25, 0.3) is 0 Å². The van der Waals surface area contributed by atoms with E-state index in [2.05, 4.69) is 11.0 Å². The van der Waals surface area contributed by atoms with E-state index in [9.17, 15) is 0 Å². The molecule has 0 aliphatic carbocycles. The Balaban J connectivity index is 1.95. The summed E-state index contributed by atoms with van der Waals surface area (Å²) in [5.41, 5.74) is 8.45. The van der Waals surface area contributed by atoms with Crippen LogP contribution in [0.3, 0.4) is 0 Å². The molecule has 2 heterocycles. The zero-order chi connectivity index (χ0) is 13.4. The lowest BCUT2D eigenvalue weighted by molar-refractivity contribution is 0.0304. The van der Waals surface area contributed by atoms with Gasteiger partial charge in [-0.3, -0.25) is 0 Å². The third-order valence-corrected chi connectivity index (χ3v) is 4.10. The quantitative estimate of drug-likeness (QED) is 0.906. The fraction of sp³-hybridized carbons (Fsp3) is 0.600. The Morgan fingerprint density at radius 1 is 1.32 bits per heavy atom. The van der Waals surface area contributed by atoms with Crippen molar-refractivity contribution in [2.45, 2.75) is 38.0 Å². The minimum atomic E-state index is -0.0355. The van der Waals surface area contributed by atoms with Gasteiger partial charge in [-0.05, 0) is 31.9 Å². The fourth-order valence-electron chi connectivity index (χ4n) is 3.26. The Labute approximate surface area is 114 Å². The number of rotatable bonds is 3. The van der Waals surface area contributed by atoms with E-state index < -0.39 is 0 Å². The van der Waals surface area contributed by atoms with Crippen LogP contribution in [0.5, 0.6) is 5.75 Å². The summed E-state index contributed by atoms with van der Waals surface area (Å²) in [7, 11) is 1.70. The number of nitrogens with two attached hydrogens (primary N) is 1. The molecule has 2 N–H and O–H groups in total. The molecule has 4 heteroatoms. The molecule has 19 heavy (non-hydrogen) atoms. The first-order chi connectivity index (χ1) is 9.19. The molecule has 3 rings (SSSR count). The summed E-state index contributed by atoms with van der Waals surface area (Å²) in [6.45, 7) is 3.93. The van der Waals surface area contributed by atoms with E-state index in [1.807, 2.05) is 19.1 Å². The maximum absolute atomic E-state index is 6.14. The number of methoxy groups -OCH3 is 1. The Bertz CT molecular complexity index is 449. The van der Waals surface area contributed by atoms with Crippen LogP contribution in [0.15, 0.2) is 18.2 Å². The van der Waals surface area contributed by atoms with Gasteiger partial charge in [0.2, 0.25) is 0 Å². The second-order valence-corrected chi connectivity index (χ2v) is 5.54. The number of ether oxygens (including phenoxy) is 2. The molecule has 3 atom stereocenters. The predicted octanol–water partition coefficient (Wildman–Crippen LogP) is 2.08. The molecule has 3 unspecified atom stereocenters. The normalized spacial score (nSPS) is 27.4. The van der Waals surface area contributed by atoms with Gasteiger partial charge in [0, 0.05) is 30.4 Å². The van der Waals surface area contributed by atoms with E-state index in [-0.39, 0.29) is 6.04 Å². The lowest BCUT2D eigenvalue weighted by atomic mass is 10.0. The fourth-order valence-corrected chi connectivity index (χ4v) is 3.26. The summed E-state index contributed by atoms with van der Waals surface area (Å²) in [5, 5.41) is 0. The van der Waals surface area contributed by atoms with Crippen LogP contribution in [0.4, 0.5) is 5.69 Å². The summed E-state index contributed by atoms with van der Waals surface area (Å²) in [6, 6.07) is 6.13. The molecule has 0 amide bonds. The van der Waals surface area contributed by atoms with Crippen LogP contribution in [0.2, 0.25) is 0 Å². The number of hydrogen-bond acceptors (Lipinski definition) is 4. The molecule has 1 aromatic carbocycles. The minimum Gasteiger partial charge on any atom is -0.496 e. The standard InChI is InChI=1S/C15H22N2O2/c1-10(16)15-13(4-3-5-14(15)18-2)17-8-11-6-7-12(9-17)19-11/h3-5,10-12H,6-9,16H2,1-2H3. The zero-order valence-corrected chi connectivity index (χ0v) is 11.6. The van der Waals surface area contributed by atoms with Crippen LogP contribution >= 0.6 is 0 Å². The molecular weight excluding hydrogens is 240 g/mol. The van der Waals surface area contributed by atoms with E-state index in [0.29, 0.717) is 12.2 Å². The summed E-state index contributed by atoms with van der Waals surface area (Å²) >= 11 is 0. The molecule has 2 saturated heterocycles. The third-order valence-electron chi connectivity index (χ3n) is 4.10. The van der Waals surface area contributed by atoms with Crippen molar-refractivity contribution in [2.75, 3.05) is 25.1 Å². The van der Waals surface area contributed by atoms with Crippen molar-refractivity contribution in [1.29, 1.82) is 0 Å². The van der Waals surface area contributed by atoms with Gasteiger partial charge in [-0.15, -0.1) is 0 Å². The van der Waals surface area contributed by atoms with Gasteiger partial charge >= 0.3 is 0 Å². The van der Waals surface area contributed by atoms with Crippen LogP contribution in [0, 0.1) is 0 Å². The molecule has 0 radical (unpaired) electrons. The lowest BCUT2D eigenvalue weighted by Crippen LogP contribution is -2.43. The minimum absolute atomic E-state index is 0.0355. The molecule has 2 fully saturated rings. The second kappa shape index (κ2) is 5.02. The van der Waals surface area contributed by atoms with Crippen LogP contribution in [-0.2, 0) is 4.74 Å². The summed E-state index contributed by atoms with van der Waals surface area (Å²) in [5.74, 6) is 0.881. The molecule has 0 spiro atoms. The molecule has 0 aromatic heterocycles. The first-order valence-electron chi connectivity index (χ1n) is 7.02. The number of hydrogen-bond donors (Lipinski definition) is 1. The van der Waals surface area contributed by atoms with Crippen molar-refractivity contribution in [1.82, 2.24) is 0 Å². The highest BCUT2D eigenvalue weighted by Crippen LogP contribution is 2.37. The average Bonchev–Trinajstić information content (AvgIpc) is 2.76. The van der Waals surface area contributed by atoms with Crippen molar-refractivity contribution in [3.63, 3.8) is 0 Å². The van der Waals surface area contributed by atoms with E-state index >= 15 is 0 Å². The molecule has 2 aliphatic rings. The second-order valence-electron chi connectivity index (χ2n) is 5.54. The van der Waals surface area contributed by atoms with Crippen LogP contribution < -0.4 is 15.4 Å². The van der Waals surface area contributed by atoms with Gasteiger partial charge in [-0.1, -0.05) is 6.07 Å². The monoisotopic (exact) mass is 262 g/mol. The number of benzene rings is 1. The van der Waals surface area contributed by atoms with Gasteiger partial charge in [0.15, 0.2) is 0 Å². The molecule has 2 bridgehead atoms. The van der Waals surface area contributed by atoms with E-state index in [4.69, 9.17) is 15.2 Å². The Morgan fingerprint density at radius 3 is 2.58 bits per heavy atom. The van der Waals surface area contributed by atoms with Crippen LogP contribution in [-0.4, -0.2) is 32.4 Å². The summed E-state index contributed by atoms with van der Waals surface area (Å²) in [6.07, 6.45) is 3.12. The topological polar surface area (TPSA) is 47.7 Å². The maximum Gasteiger partial charge on any atom is 0.125 e. The first-order valence-corrected chi connectivity index (χ1v) is 7.02. The van der Waals surface area contributed by atoms with Crippen LogP contribution in [0.25, 0.3) is 0 Å². The number of morpholine rings is 1. The van der Waals surface area contributed by atoms with Crippen molar-refractivity contribution >= 4 is 5.69 Å². The highest BCUT2D eigenvalue weighted by atomic mass is 16.5. The molecule has 4 nitrogen and oxygen atoms in total. The summed E-state index contributed by atoms with van der Waals surface area (Å²) < 4.78 is 11.4. The molecule has 2 aliphatic heterocycles. The van der Waals surface area contributed by atoms with Crippen molar-refractivity contribution in [2.24, 2.45) is 5.73 Å². The van der Waals surface area contributed by atoms with Crippen molar-refractivity contribution < 1.29 is 9.47 Å². The first kappa shape index (κ1) is 12.8. The summed E-state index contributed by atoms with van der Waals surface area (Å²) in [4.78, 5) is 2.41. The lowest BCUT2D eigenvalue weighted by Gasteiger charge is -2.36. The average molecular weight is 262 g/mol. The SMILES string of the molecule is COc1cccc(N2CC3CCC(C2)O3)c1C(C)N. The predicted molar refractivity (Wildman–Crippen MR) is 75.7 cm³/mol. The Hall–Kier alpha value is -1.26. The third kappa shape index (κ3) is 2.30. The van der Waals surface area contributed by atoms with Crippen molar-refractivity contribution in [3.05, 3.63) is 23.8 Å². The van der Waals surface area contributed by atoms with Crippen LogP contribution in [0.1, 0.15) is 31.4 Å². The van der Waals surface area contributed by atoms with E-state index in [0.717, 1.165) is 24.4 Å². The number of nitrogens with zero attached hydrogens (tertiary/aromatic N) is 1. The zero-order valence-electron chi connectivity index (χ0n) is 11.6. The molecule has 1 aromatic rings. The number of fused-ring (bicyclic) bond motifs is 2. The molecular formula is C15H22N2O2. The number of anilines is 1. The van der Waals surface area contributed by atoms with Gasteiger partial charge in [0.05, 0.1) is 19.3 Å². The molecule has 0 saturated carbocycles.